The number of nitrogens with zero attached hydrogens (tertiary/aromatic N) is 3. The molecule has 1 saturated heterocycles. The van der Waals surface area contributed by atoms with E-state index < -0.39 is 0 Å². The van der Waals surface area contributed by atoms with Crippen molar-refractivity contribution in [2.75, 3.05) is 20.1 Å². The summed E-state index contributed by atoms with van der Waals surface area (Å²) in [6, 6.07) is 6.55. The van der Waals surface area contributed by atoms with Gasteiger partial charge in [-0.1, -0.05) is 12.1 Å². The van der Waals surface area contributed by atoms with E-state index in [1.165, 1.54) is 6.07 Å². The molecule has 0 bridgehead atoms. The number of ether oxygens (including phenoxy) is 1. The third-order valence-electron chi connectivity index (χ3n) is 3.55. The van der Waals surface area contributed by atoms with Gasteiger partial charge < -0.3 is 9.64 Å². The molecule has 106 valence electrons. The molecule has 1 fully saturated rings. The van der Waals surface area contributed by atoms with Crippen molar-refractivity contribution in [3.63, 3.8) is 0 Å². The second kappa shape index (κ2) is 5.68. The van der Waals surface area contributed by atoms with Crippen LogP contribution in [0.4, 0.5) is 4.39 Å². The van der Waals surface area contributed by atoms with Crippen molar-refractivity contribution in [2.45, 2.75) is 19.1 Å². The van der Waals surface area contributed by atoms with Crippen LogP contribution in [0.5, 0.6) is 0 Å². The van der Waals surface area contributed by atoms with Gasteiger partial charge in [-0.3, -0.25) is 0 Å². The largest absolute Gasteiger partial charge is 0.370 e. The van der Waals surface area contributed by atoms with Gasteiger partial charge in [0, 0.05) is 18.7 Å². The van der Waals surface area contributed by atoms with Crippen molar-refractivity contribution in [1.82, 2.24) is 20.3 Å². The first-order valence-electron chi connectivity index (χ1n) is 6.68. The van der Waals surface area contributed by atoms with Crippen LogP contribution in [0, 0.1) is 5.82 Å². The smallest absolute Gasteiger partial charge is 0.132 e. The van der Waals surface area contributed by atoms with E-state index >= 15 is 0 Å². The minimum atomic E-state index is -0.303. The van der Waals surface area contributed by atoms with Crippen molar-refractivity contribution in [3.05, 3.63) is 35.8 Å². The molecule has 0 amide bonds. The van der Waals surface area contributed by atoms with Crippen molar-refractivity contribution >= 4 is 0 Å². The van der Waals surface area contributed by atoms with Crippen LogP contribution in [-0.4, -0.2) is 46.6 Å². The Bertz CT molecular complexity index is 586. The van der Waals surface area contributed by atoms with Gasteiger partial charge >= 0.3 is 0 Å². The molecule has 1 N–H and O–H groups in total. The zero-order valence-corrected chi connectivity index (χ0v) is 11.3. The Morgan fingerprint density at radius 2 is 2.25 bits per heavy atom. The molecule has 0 aliphatic carbocycles. The molecule has 1 aromatic heterocycles. The van der Waals surface area contributed by atoms with Gasteiger partial charge in [-0.2, -0.15) is 15.4 Å². The number of hydrogen-bond donors (Lipinski definition) is 1. The van der Waals surface area contributed by atoms with E-state index in [0.29, 0.717) is 23.6 Å². The molecule has 1 aliphatic rings. The zero-order chi connectivity index (χ0) is 13.9. The third-order valence-corrected chi connectivity index (χ3v) is 3.55. The van der Waals surface area contributed by atoms with Gasteiger partial charge in [0.25, 0.3) is 0 Å². The van der Waals surface area contributed by atoms with E-state index in [1.54, 1.807) is 18.2 Å². The van der Waals surface area contributed by atoms with Gasteiger partial charge in [0.05, 0.1) is 12.7 Å². The summed E-state index contributed by atoms with van der Waals surface area (Å²) < 4.78 is 19.6. The monoisotopic (exact) mass is 276 g/mol. The summed E-state index contributed by atoms with van der Waals surface area (Å²) in [5.74, 6) is -0.303. The lowest BCUT2D eigenvalue weighted by molar-refractivity contribution is 0.0466. The predicted molar refractivity (Wildman–Crippen MR) is 72.5 cm³/mol. The van der Waals surface area contributed by atoms with Crippen LogP contribution in [0.2, 0.25) is 0 Å². The average molecular weight is 276 g/mol. The van der Waals surface area contributed by atoms with Gasteiger partial charge in [-0.15, -0.1) is 0 Å². The zero-order valence-electron chi connectivity index (χ0n) is 11.3. The molecule has 6 heteroatoms. The highest BCUT2D eigenvalue weighted by molar-refractivity contribution is 5.61. The van der Waals surface area contributed by atoms with Gasteiger partial charge in [0.15, 0.2) is 0 Å². The molecule has 2 aromatic rings. The first-order valence-corrected chi connectivity index (χ1v) is 6.68. The van der Waals surface area contributed by atoms with E-state index in [1.807, 2.05) is 0 Å². The van der Waals surface area contributed by atoms with Gasteiger partial charge in [-0.05, 0) is 25.6 Å². The van der Waals surface area contributed by atoms with Crippen LogP contribution in [0.25, 0.3) is 11.3 Å². The van der Waals surface area contributed by atoms with Crippen LogP contribution in [0.15, 0.2) is 24.3 Å². The Morgan fingerprint density at radius 3 is 3.00 bits per heavy atom. The van der Waals surface area contributed by atoms with E-state index in [2.05, 4.69) is 27.4 Å². The van der Waals surface area contributed by atoms with E-state index in [4.69, 9.17) is 4.74 Å². The molecular formula is C14H17FN4O. The van der Waals surface area contributed by atoms with Crippen molar-refractivity contribution in [2.24, 2.45) is 0 Å². The van der Waals surface area contributed by atoms with Gasteiger partial charge in [0.2, 0.25) is 0 Å². The fraction of sp³-hybridized carbons (Fsp3) is 0.429. The molecule has 1 unspecified atom stereocenters. The normalized spacial score (nSPS) is 19.6. The van der Waals surface area contributed by atoms with Gasteiger partial charge in [-0.25, -0.2) is 4.39 Å². The highest BCUT2D eigenvalue weighted by Crippen LogP contribution is 2.23. The first-order chi connectivity index (χ1) is 9.74. The van der Waals surface area contributed by atoms with Crippen molar-refractivity contribution in [3.8, 4) is 11.3 Å². The molecular weight excluding hydrogens is 259 g/mol. The van der Waals surface area contributed by atoms with Crippen LogP contribution in [-0.2, 0) is 11.3 Å². The summed E-state index contributed by atoms with van der Waals surface area (Å²) >= 11 is 0. The Morgan fingerprint density at radius 1 is 1.40 bits per heavy atom. The van der Waals surface area contributed by atoms with Crippen LogP contribution < -0.4 is 0 Å². The topological polar surface area (TPSA) is 54.0 Å². The number of likely N-dealkylation sites (N-methyl/N-ethyl adjacent to an activating group) is 1. The Kier molecular flexibility index (Phi) is 3.75. The molecule has 0 spiro atoms. The van der Waals surface area contributed by atoms with Gasteiger partial charge in [0.1, 0.15) is 17.2 Å². The Labute approximate surface area is 116 Å². The fourth-order valence-electron chi connectivity index (χ4n) is 2.45. The molecule has 5 nitrogen and oxygen atoms in total. The predicted octanol–water partition coefficient (Wildman–Crippen LogP) is 1.83. The van der Waals surface area contributed by atoms with Crippen LogP contribution >= 0.6 is 0 Å². The van der Waals surface area contributed by atoms with E-state index in [0.717, 1.165) is 19.5 Å². The maximum absolute atomic E-state index is 13.8. The molecule has 1 atom stereocenters. The van der Waals surface area contributed by atoms with Crippen LogP contribution in [0.3, 0.4) is 0 Å². The minimum Gasteiger partial charge on any atom is -0.370 e. The summed E-state index contributed by atoms with van der Waals surface area (Å²) in [5.41, 5.74) is 1.61. The Balaban J connectivity index is 1.72. The number of nitrogens with one attached hydrogen (secondary N) is 1. The number of benzene rings is 1. The number of rotatable bonds is 4. The first kappa shape index (κ1) is 13.2. The summed E-state index contributed by atoms with van der Waals surface area (Å²) in [6.07, 6.45) is 1.23. The molecule has 1 aliphatic heterocycles. The van der Waals surface area contributed by atoms with E-state index in [-0.39, 0.29) is 11.9 Å². The summed E-state index contributed by atoms with van der Waals surface area (Å²) in [4.78, 5) is 2.23. The minimum absolute atomic E-state index is 0.213. The Hall–Kier alpha value is -1.79. The van der Waals surface area contributed by atoms with Crippen molar-refractivity contribution in [1.29, 1.82) is 0 Å². The lowest BCUT2D eigenvalue weighted by atomic mass is 10.1. The molecule has 2 heterocycles. The highest BCUT2D eigenvalue weighted by Gasteiger charge is 2.21. The third kappa shape index (κ3) is 2.71. The molecule has 0 saturated carbocycles. The number of likely N-dealkylation sites (tertiary alicyclic amines) is 1. The summed E-state index contributed by atoms with van der Waals surface area (Å²) in [5, 5.41) is 10.7. The quantitative estimate of drug-likeness (QED) is 0.925. The molecule has 1 aromatic carbocycles. The number of hydrogen-bond acceptors (Lipinski definition) is 4. The highest BCUT2D eigenvalue weighted by atomic mass is 19.1. The molecule has 20 heavy (non-hydrogen) atoms. The summed E-state index contributed by atoms with van der Waals surface area (Å²) in [7, 11) is 2.07. The van der Waals surface area contributed by atoms with E-state index in [9.17, 15) is 4.39 Å². The fourth-order valence-corrected chi connectivity index (χ4v) is 2.45. The molecule has 3 rings (SSSR count). The maximum atomic E-state index is 13.8. The lowest BCUT2D eigenvalue weighted by Crippen LogP contribution is -2.19. The maximum Gasteiger partial charge on any atom is 0.132 e. The average Bonchev–Trinajstić information content (AvgIpc) is 3.06. The number of aromatic amines is 1. The van der Waals surface area contributed by atoms with Crippen LogP contribution in [0.1, 0.15) is 12.1 Å². The standard InChI is InChI=1S/C14H17FN4O/c1-19-7-6-10(8-19)20-9-13-14(17-18-16-13)11-4-2-3-5-12(11)15/h2-5,10H,6-9H2,1H3,(H,16,17,18). The SMILES string of the molecule is CN1CCC(OCc2n[nH]nc2-c2ccccc2F)C1. The summed E-state index contributed by atoms with van der Waals surface area (Å²) in [6.45, 7) is 2.31. The number of aromatic nitrogens is 3. The second-order valence-corrected chi connectivity index (χ2v) is 5.08. The number of halogens is 1. The number of H-pyrrole nitrogens is 1. The second-order valence-electron chi connectivity index (χ2n) is 5.08. The lowest BCUT2D eigenvalue weighted by Gasteiger charge is -2.11. The molecule has 0 radical (unpaired) electrons. The van der Waals surface area contributed by atoms with Crippen molar-refractivity contribution < 1.29 is 9.13 Å².